The minimum absolute atomic E-state index is 0. The van der Waals surface area contributed by atoms with Gasteiger partial charge in [0.25, 0.3) is 0 Å². The average molecular weight is 306 g/mol. The Labute approximate surface area is 126 Å². The number of fused-ring (bicyclic) bond motifs is 3. The molecule has 0 saturated carbocycles. The highest BCUT2D eigenvalue weighted by Gasteiger charge is 2.04. The molecule has 0 aliphatic rings. The van der Waals surface area contributed by atoms with Crippen molar-refractivity contribution >= 4 is 57.8 Å². The second-order valence-electron chi connectivity index (χ2n) is 4.06. The quantitative estimate of drug-likeness (QED) is 0.386. The average Bonchev–Trinajstić information content (AvgIpc) is 2.76. The van der Waals surface area contributed by atoms with Crippen LogP contribution in [0.25, 0.3) is 21.8 Å². The second kappa shape index (κ2) is 5.85. The van der Waals surface area contributed by atoms with Gasteiger partial charge in [-0.2, -0.15) is 5.10 Å². The molecular formula is C13H12ClN5S. The summed E-state index contributed by atoms with van der Waals surface area (Å²) in [6.07, 6.45) is 3.37. The van der Waals surface area contributed by atoms with Crippen LogP contribution in [-0.4, -0.2) is 21.3 Å². The summed E-state index contributed by atoms with van der Waals surface area (Å²) in [6.45, 7) is 0. The molecule has 7 heteroatoms. The highest BCUT2D eigenvalue weighted by molar-refractivity contribution is 7.80. The number of nitrogens with two attached hydrogens (primary N) is 1. The molecule has 0 spiro atoms. The largest absolute Gasteiger partial charge is 0.375 e. The molecule has 0 aliphatic carbocycles. The minimum Gasteiger partial charge on any atom is -0.375 e. The predicted molar refractivity (Wildman–Crippen MR) is 88.4 cm³/mol. The number of nitrogens with zero attached hydrogens (tertiary/aromatic N) is 2. The topological polar surface area (TPSA) is 79.1 Å². The van der Waals surface area contributed by atoms with Crippen LogP contribution in [-0.2, 0) is 0 Å². The van der Waals surface area contributed by atoms with Crippen molar-refractivity contribution in [2.75, 3.05) is 0 Å². The summed E-state index contributed by atoms with van der Waals surface area (Å²) in [4.78, 5) is 7.61. The van der Waals surface area contributed by atoms with Gasteiger partial charge >= 0.3 is 0 Å². The predicted octanol–water partition coefficient (Wildman–Crippen LogP) is 2.30. The molecular weight excluding hydrogens is 294 g/mol. The summed E-state index contributed by atoms with van der Waals surface area (Å²) >= 11 is 4.66. The lowest BCUT2D eigenvalue weighted by Crippen LogP contribution is -2.24. The van der Waals surface area contributed by atoms with Crippen LogP contribution in [0.4, 0.5) is 0 Å². The summed E-state index contributed by atoms with van der Waals surface area (Å²) in [5.41, 5.74) is 10.6. The zero-order valence-electron chi connectivity index (χ0n) is 10.3. The Morgan fingerprint density at radius 1 is 1.30 bits per heavy atom. The summed E-state index contributed by atoms with van der Waals surface area (Å²) in [7, 11) is 0. The molecule has 0 bridgehead atoms. The van der Waals surface area contributed by atoms with Crippen LogP contribution in [0.3, 0.4) is 0 Å². The number of thiocarbonyl (C=S) groups is 1. The second-order valence-corrected chi connectivity index (χ2v) is 4.50. The number of para-hydroxylation sites is 1. The smallest absolute Gasteiger partial charge is 0.184 e. The Balaban J connectivity index is 0.00000147. The molecule has 0 radical (unpaired) electrons. The number of H-pyrrole nitrogens is 1. The lowest BCUT2D eigenvalue weighted by atomic mass is 10.2. The van der Waals surface area contributed by atoms with Crippen molar-refractivity contribution in [3.05, 3.63) is 42.2 Å². The molecule has 2 aromatic heterocycles. The Hall–Kier alpha value is -2.18. The number of pyridine rings is 1. The molecule has 0 atom stereocenters. The first kappa shape index (κ1) is 14.2. The third-order valence-electron chi connectivity index (χ3n) is 2.78. The zero-order valence-corrected chi connectivity index (χ0v) is 12.0. The van der Waals surface area contributed by atoms with Crippen molar-refractivity contribution in [1.29, 1.82) is 0 Å². The molecule has 3 aromatic rings. The zero-order chi connectivity index (χ0) is 13.2. The van der Waals surface area contributed by atoms with E-state index in [4.69, 9.17) is 5.73 Å². The molecule has 0 saturated heterocycles. The van der Waals surface area contributed by atoms with Crippen molar-refractivity contribution < 1.29 is 0 Å². The van der Waals surface area contributed by atoms with Crippen LogP contribution >= 0.6 is 24.6 Å². The van der Waals surface area contributed by atoms with E-state index in [2.05, 4.69) is 38.8 Å². The standard InChI is InChI=1S/C13H11N5S.ClH/c14-13(19)18-16-6-8-5-10-9-3-1-2-4-11(9)17-12(10)7-15-8;/h1-7,17H,(H3,14,18,19);1H/b16-6+;. The van der Waals surface area contributed by atoms with Crippen LogP contribution < -0.4 is 11.2 Å². The molecule has 4 N–H and O–H groups in total. The highest BCUT2D eigenvalue weighted by Crippen LogP contribution is 2.24. The number of hydrazone groups is 1. The van der Waals surface area contributed by atoms with Crippen LogP contribution in [0, 0.1) is 0 Å². The molecule has 2 heterocycles. The van der Waals surface area contributed by atoms with Gasteiger partial charge in [0.1, 0.15) is 0 Å². The Morgan fingerprint density at radius 3 is 2.90 bits per heavy atom. The first-order valence-electron chi connectivity index (χ1n) is 5.69. The number of benzene rings is 1. The van der Waals surface area contributed by atoms with Crippen molar-refractivity contribution in [2.45, 2.75) is 0 Å². The van der Waals surface area contributed by atoms with Crippen molar-refractivity contribution in [3.63, 3.8) is 0 Å². The van der Waals surface area contributed by atoms with Crippen molar-refractivity contribution in [1.82, 2.24) is 15.4 Å². The van der Waals surface area contributed by atoms with Gasteiger partial charge in [-0.25, -0.2) is 0 Å². The molecule has 0 aliphatic heterocycles. The van der Waals surface area contributed by atoms with Gasteiger partial charge in [0.2, 0.25) is 0 Å². The molecule has 1 aromatic carbocycles. The number of halogens is 1. The number of nitrogens with one attached hydrogen (secondary N) is 2. The SMILES string of the molecule is Cl.NC(=S)N/N=C/c1cc2c(cn1)[nH]c1ccccc12. The highest BCUT2D eigenvalue weighted by atomic mass is 35.5. The first-order chi connectivity index (χ1) is 9.24. The fraction of sp³-hybridized carbons (Fsp3) is 0. The van der Waals surface area contributed by atoms with E-state index < -0.39 is 0 Å². The van der Waals surface area contributed by atoms with Gasteiger partial charge < -0.3 is 10.7 Å². The summed E-state index contributed by atoms with van der Waals surface area (Å²) in [6, 6.07) is 10.1. The molecule has 5 nitrogen and oxygen atoms in total. The molecule has 3 rings (SSSR count). The van der Waals surface area contributed by atoms with Crippen molar-refractivity contribution in [3.8, 4) is 0 Å². The molecule has 0 amide bonds. The fourth-order valence-electron chi connectivity index (χ4n) is 2.00. The maximum atomic E-state index is 5.29. The number of rotatable bonds is 2. The van der Waals surface area contributed by atoms with Crippen LogP contribution in [0.5, 0.6) is 0 Å². The normalized spacial score (nSPS) is 10.8. The van der Waals surface area contributed by atoms with E-state index >= 15 is 0 Å². The van der Waals surface area contributed by atoms with E-state index in [1.54, 1.807) is 12.4 Å². The number of hydrogen-bond acceptors (Lipinski definition) is 3. The van der Waals surface area contributed by atoms with Crippen LogP contribution in [0.2, 0.25) is 0 Å². The van der Waals surface area contributed by atoms with E-state index in [-0.39, 0.29) is 17.5 Å². The Morgan fingerprint density at radius 2 is 2.10 bits per heavy atom. The maximum absolute atomic E-state index is 5.29. The Kier molecular flexibility index (Phi) is 4.16. The van der Waals surface area contributed by atoms with Gasteiger partial charge in [0, 0.05) is 16.3 Å². The summed E-state index contributed by atoms with van der Waals surface area (Å²) in [5, 5.41) is 6.30. The lowest BCUT2D eigenvalue weighted by Gasteiger charge is -1.95. The summed E-state index contributed by atoms with van der Waals surface area (Å²) in [5.74, 6) is 0. The van der Waals surface area contributed by atoms with E-state index in [9.17, 15) is 0 Å². The lowest BCUT2D eigenvalue weighted by molar-refractivity contribution is 1.04. The monoisotopic (exact) mass is 305 g/mol. The molecule has 102 valence electrons. The first-order valence-corrected chi connectivity index (χ1v) is 6.10. The third-order valence-corrected chi connectivity index (χ3v) is 2.87. The number of aromatic nitrogens is 2. The van der Waals surface area contributed by atoms with Gasteiger partial charge in [0.05, 0.1) is 23.6 Å². The Bertz CT molecular complexity index is 796. The summed E-state index contributed by atoms with van der Waals surface area (Å²) < 4.78 is 0. The third kappa shape index (κ3) is 2.71. The fourth-order valence-corrected chi connectivity index (χ4v) is 2.05. The molecule has 0 unspecified atom stereocenters. The van der Waals surface area contributed by atoms with Gasteiger partial charge in [-0.05, 0) is 24.4 Å². The number of aromatic amines is 1. The van der Waals surface area contributed by atoms with Gasteiger partial charge in [-0.3, -0.25) is 10.4 Å². The van der Waals surface area contributed by atoms with Crippen LogP contribution in [0.15, 0.2) is 41.6 Å². The number of hydrogen-bond donors (Lipinski definition) is 3. The molecule has 20 heavy (non-hydrogen) atoms. The van der Waals surface area contributed by atoms with E-state index in [1.807, 2.05) is 24.3 Å². The van der Waals surface area contributed by atoms with E-state index in [0.29, 0.717) is 0 Å². The molecule has 0 fully saturated rings. The van der Waals surface area contributed by atoms with Crippen molar-refractivity contribution in [2.24, 2.45) is 10.8 Å². The van der Waals surface area contributed by atoms with Crippen LogP contribution in [0.1, 0.15) is 5.69 Å². The van der Waals surface area contributed by atoms with Gasteiger partial charge in [-0.1, -0.05) is 18.2 Å². The van der Waals surface area contributed by atoms with Gasteiger partial charge in [0.15, 0.2) is 5.11 Å². The van der Waals surface area contributed by atoms with E-state index in [1.165, 1.54) is 0 Å². The van der Waals surface area contributed by atoms with E-state index in [0.717, 1.165) is 27.5 Å². The maximum Gasteiger partial charge on any atom is 0.184 e. The van der Waals surface area contributed by atoms with Gasteiger partial charge in [-0.15, -0.1) is 12.4 Å². The minimum atomic E-state index is 0.